The normalized spacial score (nSPS) is 10.7. The minimum atomic E-state index is 0.591. The van der Waals surface area contributed by atoms with E-state index < -0.39 is 0 Å². The molecule has 102 valence electrons. The van der Waals surface area contributed by atoms with E-state index in [2.05, 4.69) is 16.1 Å². The molecule has 0 aliphatic carbocycles. The average Bonchev–Trinajstić information content (AvgIpc) is 2.70. The van der Waals surface area contributed by atoms with Crippen LogP contribution in [0.4, 0.5) is 0 Å². The maximum absolute atomic E-state index is 5.55. The molecular formula is C14H20N4O. The Hall–Kier alpha value is -1.88. The van der Waals surface area contributed by atoms with Crippen LogP contribution in [0.1, 0.15) is 22.8 Å². The van der Waals surface area contributed by atoms with Gasteiger partial charge in [-0.25, -0.2) is 4.98 Å². The summed E-state index contributed by atoms with van der Waals surface area (Å²) in [6, 6.07) is 6.14. The van der Waals surface area contributed by atoms with Gasteiger partial charge in [-0.1, -0.05) is 12.1 Å². The summed E-state index contributed by atoms with van der Waals surface area (Å²) in [5.74, 6) is 2.67. The molecule has 2 N–H and O–H groups in total. The van der Waals surface area contributed by atoms with Gasteiger partial charge in [0, 0.05) is 19.9 Å². The Morgan fingerprint density at radius 2 is 2.16 bits per heavy atom. The van der Waals surface area contributed by atoms with Crippen molar-refractivity contribution >= 4 is 0 Å². The predicted molar refractivity (Wildman–Crippen MR) is 74.3 cm³/mol. The molecule has 0 saturated carbocycles. The van der Waals surface area contributed by atoms with E-state index >= 15 is 0 Å². The SMILES string of the molecule is COc1ccc(Cc2nc(CCN)n(C)n2)cc1C. The summed E-state index contributed by atoms with van der Waals surface area (Å²) in [5.41, 5.74) is 7.85. The van der Waals surface area contributed by atoms with Crippen LogP contribution in [0.2, 0.25) is 0 Å². The second-order valence-electron chi connectivity index (χ2n) is 4.59. The molecule has 0 saturated heterocycles. The smallest absolute Gasteiger partial charge is 0.155 e. The number of methoxy groups -OCH3 is 1. The van der Waals surface area contributed by atoms with Crippen molar-refractivity contribution in [1.82, 2.24) is 14.8 Å². The lowest BCUT2D eigenvalue weighted by Crippen LogP contribution is -2.08. The summed E-state index contributed by atoms with van der Waals surface area (Å²) in [4.78, 5) is 4.51. The molecule has 0 fully saturated rings. The van der Waals surface area contributed by atoms with Crippen molar-refractivity contribution in [3.8, 4) is 5.75 Å². The van der Waals surface area contributed by atoms with Gasteiger partial charge in [-0.15, -0.1) is 0 Å². The third-order valence-corrected chi connectivity index (χ3v) is 3.09. The van der Waals surface area contributed by atoms with E-state index in [1.165, 1.54) is 5.56 Å². The highest BCUT2D eigenvalue weighted by atomic mass is 16.5. The Bertz CT molecular complexity index is 563. The van der Waals surface area contributed by atoms with E-state index in [9.17, 15) is 0 Å². The van der Waals surface area contributed by atoms with E-state index in [0.717, 1.165) is 35.8 Å². The van der Waals surface area contributed by atoms with Gasteiger partial charge < -0.3 is 10.5 Å². The van der Waals surface area contributed by atoms with E-state index in [-0.39, 0.29) is 0 Å². The van der Waals surface area contributed by atoms with Gasteiger partial charge in [-0.2, -0.15) is 5.10 Å². The highest BCUT2D eigenvalue weighted by Crippen LogP contribution is 2.19. The molecule has 1 aromatic heterocycles. The molecule has 0 unspecified atom stereocenters. The number of nitrogens with two attached hydrogens (primary N) is 1. The number of hydrogen-bond donors (Lipinski definition) is 1. The fourth-order valence-corrected chi connectivity index (χ4v) is 2.13. The topological polar surface area (TPSA) is 66.0 Å². The molecule has 2 aromatic rings. The molecule has 19 heavy (non-hydrogen) atoms. The zero-order valence-electron chi connectivity index (χ0n) is 11.7. The molecule has 1 aromatic carbocycles. The quantitative estimate of drug-likeness (QED) is 0.878. The number of benzene rings is 1. The monoisotopic (exact) mass is 260 g/mol. The molecule has 5 heteroatoms. The van der Waals surface area contributed by atoms with Gasteiger partial charge in [0.15, 0.2) is 5.82 Å². The largest absolute Gasteiger partial charge is 0.496 e. The summed E-state index contributed by atoms with van der Waals surface area (Å²) in [6.07, 6.45) is 1.48. The summed E-state index contributed by atoms with van der Waals surface area (Å²) in [7, 11) is 3.59. The Kier molecular flexibility index (Phi) is 4.16. The molecule has 1 heterocycles. The van der Waals surface area contributed by atoms with E-state index in [1.54, 1.807) is 11.8 Å². The first-order chi connectivity index (χ1) is 9.13. The van der Waals surface area contributed by atoms with Crippen LogP contribution in [0.25, 0.3) is 0 Å². The van der Waals surface area contributed by atoms with Gasteiger partial charge in [0.25, 0.3) is 0 Å². The van der Waals surface area contributed by atoms with Crippen LogP contribution in [0.3, 0.4) is 0 Å². The number of nitrogens with zero attached hydrogens (tertiary/aromatic N) is 3. The van der Waals surface area contributed by atoms with Crippen LogP contribution in [-0.2, 0) is 19.9 Å². The average molecular weight is 260 g/mol. The lowest BCUT2D eigenvalue weighted by atomic mass is 10.1. The van der Waals surface area contributed by atoms with Gasteiger partial charge in [-0.3, -0.25) is 4.68 Å². The van der Waals surface area contributed by atoms with Crippen molar-refractivity contribution in [3.05, 3.63) is 41.0 Å². The second kappa shape index (κ2) is 5.84. The maximum atomic E-state index is 5.55. The second-order valence-corrected chi connectivity index (χ2v) is 4.59. The maximum Gasteiger partial charge on any atom is 0.155 e. The summed E-state index contributed by atoms with van der Waals surface area (Å²) >= 11 is 0. The molecule has 0 atom stereocenters. The standard InChI is InChI=1S/C14H20N4O/c1-10-8-11(4-5-12(10)19-3)9-13-16-14(6-7-15)18(2)17-13/h4-5,8H,6-7,9,15H2,1-3H3. The molecule has 2 rings (SSSR count). The van der Waals surface area contributed by atoms with Crippen LogP contribution in [0, 0.1) is 6.92 Å². The van der Waals surface area contributed by atoms with Crippen molar-refractivity contribution in [2.45, 2.75) is 19.8 Å². The molecule has 0 spiro atoms. The van der Waals surface area contributed by atoms with Crippen molar-refractivity contribution in [3.63, 3.8) is 0 Å². The Morgan fingerprint density at radius 3 is 2.79 bits per heavy atom. The van der Waals surface area contributed by atoms with Crippen LogP contribution in [0.5, 0.6) is 5.75 Å². The molecular weight excluding hydrogens is 240 g/mol. The summed E-state index contributed by atoms with van der Waals surface area (Å²) < 4.78 is 7.06. The van der Waals surface area contributed by atoms with Crippen LogP contribution in [-0.4, -0.2) is 28.4 Å². The minimum absolute atomic E-state index is 0.591. The lowest BCUT2D eigenvalue weighted by Gasteiger charge is -2.05. The fourth-order valence-electron chi connectivity index (χ4n) is 2.13. The predicted octanol–water partition coefficient (Wildman–Crippen LogP) is 1.22. The minimum Gasteiger partial charge on any atom is -0.496 e. The molecule has 0 aliphatic heterocycles. The molecule has 5 nitrogen and oxygen atoms in total. The van der Waals surface area contributed by atoms with Crippen LogP contribution in [0.15, 0.2) is 18.2 Å². The van der Waals surface area contributed by atoms with E-state index in [1.807, 2.05) is 26.1 Å². The van der Waals surface area contributed by atoms with E-state index in [4.69, 9.17) is 10.5 Å². The van der Waals surface area contributed by atoms with E-state index in [0.29, 0.717) is 6.54 Å². The molecule has 0 aliphatic rings. The van der Waals surface area contributed by atoms with Crippen molar-refractivity contribution in [2.75, 3.05) is 13.7 Å². The Morgan fingerprint density at radius 1 is 1.37 bits per heavy atom. The highest BCUT2D eigenvalue weighted by molar-refractivity contribution is 5.37. The first kappa shape index (κ1) is 13.5. The van der Waals surface area contributed by atoms with Gasteiger partial charge in [0.1, 0.15) is 11.6 Å². The zero-order valence-corrected chi connectivity index (χ0v) is 11.7. The third kappa shape index (κ3) is 3.12. The van der Waals surface area contributed by atoms with Crippen LogP contribution >= 0.6 is 0 Å². The summed E-state index contributed by atoms with van der Waals surface area (Å²) in [5, 5.41) is 4.42. The number of hydrogen-bond acceptors (Lipinski definition) is 4. The lowest BCUT2D eigenvalue weighted by molar-refractivity contribution is 0.411. The highest BCUT2D eigenvalue weighted by Gasteiger charge is 2.08. The van der Waals surface area contributed by atoms with Crippen molar-refractivity contribution in [2.24, 2.45) is 12.8 Å². The Balaban J connectivity index is 2.16. The first-order valence-corrected chi connectivity index (χ1v) is 6.36. The number of aryl methyl sites for hydroxylation is 2. The molecule has 0 amide bonds. The molecule has 0 radical (unpaired) electrons. The molecule has 0 bridgehead atoms. The first-order valence-electron chi connectivity index (χ1n) is 6.36. The van der Waals surface area contributed by atoms with Crippen LogP contribution < -0.4 is 10.5 Å². The van der Waals surface area contributed by atoms with Gasteiger partial charge in [-0.05, 0) is 30.7 Å². The summed E-state index contributed by atoms with van der Waals surface area (Å²) in [6.45, 7) is 2.63. The number of rotatable bonds is 5. The van der Waals surface area contributed by atoms with Crippen molar-refractivity contribution in [1.29, 1.82) is 0 Å². The zero-order chi connectivity index (χ0) is 13.8. The van der Waals surface area contributed by atoms with Gasteiger partial charge >= 0.3 is 0 Å². The third-order valence-electron chi connectivity index (χ3n) is 3.09. The fraction of sp³-hybridized carbons (Fsp3) is 0.429. The van der Waals surface area contributed by atoms with Crippen molar-refractivity contribution < 1.29 is 4.74 Å². The number of aromatic nitrogens is 3. The van der Waals surface area contributed by atoms with Gasteiger partial charge in [0.05, 0.1) is 7.11 Å². The Labute approximate surface area is 113 Å². The number of ether oxygens (including phenoxy) is 1. The van der Waals surface area contributed by atoms with Gasteiger partial charge in [0.2, 0.25) is 0 Å².